The average molecular weight is 569 g/mol. The van der Waals surface area contributed by atoms with Gasteiger partial charge in [-0.3, -0.25) is 23.9 Å². The van der Waals surface area contributed by atoms with Crippen LogP contribution in [0.4, 0.5) is 4.39 Å². The number of carbonyl (C=O) groups is 2. The van der Waals surface area contributed by atoms with Crippen molar-refractivity contribution in [1.82, 2.24) is 19.8 Å². The molecule has 3 aromatic rings. The number of Topliss-reactive ketones (excluding diaryl/α,β-unsaturated/α-hetero) is 1. The van der Waals surface area contributed by atoms with Gasteiger partial charge in [0.15, 0.2) is 10.9 Å². The minimum atomic E-state index is -0.414. The number of halogens is 1. The highest BCUT2D eigenvalue weighted by molar-refractivity contribution is 7.99. The van der Waals surface area contributed by atoms with Crippen LogP contribution in [0.2, 0.25) is 0 Å². The third-order valence-electron chi connectivity index (χ3n) is 7.13. The fraction of sp³-hybridized carbons (Fsp3) is 0.448. The lowest BCUT2D eigenvalue weighted by atomic mass is 10.1. The van der Waals surface area contributed by atoms with Gasteiger partial charge in [-0.25, -0.2) is 9.37 Å². The highest BCUT2D eigenvalue weighted by Crippen LogP contribution is 2.23. The fourth-order valence-electron chi connectivity index (χ4n) is 4.89. The third kappa shape index (κ3) is 7.14. The standard InChI is InChI=1S/C29H33FN4O5S/c30-22-7-4-20(5-8-22)26(35)19-40-29-32-25-17-21(27(36)31-10-2-11-33-12-15-38-16-13-33)6-9-24(25)28(37)34(29)18-23-3-1-14-39-23/h4-9,17,23H,1-3,10-16,18-19H2,(H,31,36)/t23-/m0/s1. The van der Waals surface area contributed by atoms with E-state index >= 15 is 0 Å². The van der Waals surface area contributed by atoms with E-state index in [1.165, 1.54) is 24.3 Å². The van der Waals surface area contributed by atoms with Crippen LogP contribution in [0.15, 0.2) is 52.4 Å². The van der Waals surface area contributed by atoms with Crippen LogP contribution in [0.3, 0.4) is 0 Å². The van der Waals surface area contributed by atoms with E-state index in [0.29, 0.717) is 46.9 Å². The molecule has 1 amide bonds. The molecular formula is C29H33FN4O5S. The van der Waals surface area contributed by atoms with E-state index in [9.17, 15) is 18.8 Å². The number of fused-ring (bicyclic) bond motifs is 1. The minimum absolute atomic E-state index is 0.0262. The quantitative estimate of drug-likeness (QED) is 0.163. The highest BCUT2D eigenvalue weighted by Gasteiger charge is 2.21. The van der Waals surface area contributed by atoms with Crippen molar-refractivity contribution in [3.63, 3.8) is 0 Å². The first kappa shape index (κ1) is 28.4. The molecule has 0 aliphatic carbocycles. The predicted molar refractivity (Wildman–Crippen MR) is 151 cm³/mol. The molecule has 0 spiro atoms. The molecule has 0 unspecified atom stereocenters. The smallest absolute Gasteiger partial charge is 0.262 e. The Morgan fingerprint density at radius 1 is 1.07 bits per heavy atom. The number of nitrogens with zero attached hydrogens (tertiary/aromatic N) is 3. The topological polar surface area (TPSA) is 103 Å². The molecule has 1 atom stereocenters. The summed E-state index contributed by atoms with van der Waals surface area (Å²) >= 11 is 1.15. The number of hydrogen-bond acceptors (Lipinski definition) is 8. The summed E-state index contributed by atoms with van der Waals surface area (Å²) in [5.74, 6) is -0.816. The van der Waals surface area contributed by atoms with Crippen molar-refractivity contribution in [3.8, 4) is 0 Å². The Kier molecular flexibility index (Phi) is 9.58. The lowest BCUT2D eigenvalue weighted by Crippen LogP contribution is -2.38. The van der Waals surface area contributed by atoms with Crippen molar-refractivity contribution < 1.29 is 23.5 Å². The van der Waals surface area contributed by atoms with Gasteiger partial charge in [-0.05, 0) is 68.3 Å². The molecular weight excluding hydrogens is 535 g/mol. The molecule has 9 nitrogen and oxygen atoms in total. The normalized spacial score (nSPS) is 17.8. The summed E-state index contributed by atoms with van der Waals surface area (Å²) in [5, 5.41) is 3.73. The van der Waals surface area contributed by atoms with E-state index in [4.69, 9.17) is 14.5 Å². The zero-order valence-electron chi connectivity index (χ0n) is 22.3. The van der Waals surface area contributed by atoms with Crippen molar-refractivity contribution in [2.45, 2.75) is 37.1 Å². The molecule has 0 radical (unpaired) electrons. The molecule has 212 valence electrons. The van der Waals surface area contributed by atoms with Crippen LogP contribution in [0, 0.1) is 5.82 Å². The Labute approximate surface area is 236 Å². The number of morpholine rings is 1. The van der Waals surface area contributed by atoms with E-state index in [-0.39, 0.29) is 29.1 Å². The maximum Gasteiger partial charge on any atom is 0.262 e. The highest BCUT2D eigenvalue weighted by atomic mass is 32.2. The number of amides is 1. The Bertz CT molecular complexity index is 1400. The molecule has 1 aromatic heterocycles. The summed E-state index contributed by atoms with van der Waals surface area (Å²) < 4.78 is 26.0. The van der Waals surface area contributed by atoms with Crippen LogP contribution in [-0.2, 0) is 16.0 Å². The van der Waals surface area contributed by atoms with E-state index in [1.807, 2.05) is 0 Å². The van der Waals surface area contributed by atoms with Gasteiger partial charge in [-0.15, -0.1) is 0 Å². The van der Waals surface area contributed by atoms with Crippen LogP contribution >= 0.6 is 11.8 Å². The number of benzene rings is 2. The lowest BCUT2D eigenvalue weighted by molar-refractivity contribution is 0.0374. The molecule has 2 aliphatic heterocycles. The van der Waals surface area contributed by atoms with Gasteiger partial charge in [0.25, 0.3) is 11.5 Å². The van der Waals surface area contributed by atoms with Gasteiger partial charge in [0, 0.05) is 37.4 Å². The van der Waals surface area contributed by atoms with Crippen molar-refractivity contribution in [2.24, 2.45) is 0 Å². The van der Waals surface area contributed by atoms with Gasteiger partial charge in [0.2, 0.25) is 0 Å². The van der Waals surface area contributed by atoms with Gasteiger partial charge >= 0.3 is 0 Å². The molecule has 3 heterocycles. The summed E-state index contributed by atoms with van der Waals surface area (Å²) in [4.78, 5) is 46.2. The maximum atomic E-state index is 13.5. The zero-order chi connectivity index (χ0) is 27.9. The SMILES string of the molecule is O=C(CSc1nc2cc(C(=O)NCCCN3CCOCC3)ccc2c(=O)n1C[C@@H]1CCCO1)c1ccc(F)cc1. The van der Waals surface area contributed by atoms with Crippen molar-refractivity contribution in [3.05, 3.63) is 69.8 Å². The summed E-state index contributed by atoms with van der Waals surface area (Å²) in [6.45, 7) is 5.72. The monoisotopic (exact) mass is 568 g/mol. The van der Waals surface area contributed by atoms with E-state index in [1.54, 1.807) is 22.8 Å². The summed E-state index contributed by atoms with van der Waals surface area (Å²) in [7, 11) is 0. The Balaban J connectivity index is 1.32. The van der Waals surface area contributed by atoms with Crippen LogP contribution < -0.4 is 10.9 Å². The molecule has 2 aliphatic rings. The van der Waals surface area contributed by atoms with Crippen LogP contribution in [0.25, 0.3) is 10.9 Å². The van der Waals surface area contributed by atoms with Crippen molar-refractivity contribution in [1.29, 1.82) is 0 Å². The second kappa shape index (κ2) is 13.5. The van der Waals surface area contributed by atoms with Crippen LogP contribution in [0.1, 0.15) is 40.0 Å². The number of ketones is 1. The summed E-state index contributed by atoms with van der Waals surface area (Å²) in [6.07, 6.45) is 2.49. The van der Waals surface area contributed by atoms with Crippen molar-refractivity contribution in [2.75, 3.05) is 51.8 Å². The predicted octanol–water partition coefficient (Wildman–Crippen LogP) is 3.14. The summed E-state index contributed by atoms with van der Waals surface area (Å²) in [6, 6.07) is 10.3. The van der Waals surface area contributed by atoms with E-state index < -0.39 is 5.82 Å². The van der Waals surface area contributed by atoms with Gasteiger partial charge in [0.05, 0.1) is 42.5 Å². The van der Waals surface area contributed by atoms with Gasteiger partial charge in [0.1, 0.15) is 5.82 Å². The fourth-order valence-corrected chi connectivity index (χ4v) is 5.79. The molecule has 2 aromatic carbocycles. The average Bonchev–Trinajstić information content (AvgIpc) is 3.49. The Hall–Kier alpha value is -3.12. The van der Waals surface area contributed by atoms with E-state index in [2.05, 4.69) is 10.2 Å². The third-order valence-corrected chi connectivity index (χ3v) is 8.11. The first-order chi connectivity index (χ1) is 19.5. The molecule has 40 heavy (non-hydrogen) atoms. The molecule has 0 bridgehead atoms. The molecule has 0 saturated carbocycles. The number of hydrogen-bond donors (Lipinski definition) is 1. The number of rotatable bonds is 11. The maximum absolute atomic E-state index is 13.5. The van der Waals surface area contributed by atoms with Gasteiger partial charge < -0.3 is 14.8 Å². The number of ether oxygens (including phenoxy) is 2. The zero-order valence-corrected chi connectivity index (χ0v) is 23.1. The Morgan fingerprint density at radius 2 is 1.85 bits per heavy atom. The second-order valence-electron chi connectivity index (χ2n) is 9.96. The lowest BCUT2D eigenvalue weighted by Gasteiger charge is -2.26. The minimum Gasteiger partial charge on any atom is -0.379 e. The number of nitrogens with one attached hydrogen (secondary N) is 1. The van der Waals surface area contributed by atoms with Crippen LogP contribution in [-0.4, -0.2) is 84.0 Å². The van der Waals surface area contributed by atoms with Gasteiger partial charge in [-0.2, -0.15) is 0 Å². The molecule has 11 heteroatoms. The number of thioether (sulfide) groups is 1. The molecule has 5 rings (SSSR count). The van der Waals surface area contributed by atoms with Gasteiger partial charge in [-0.1, -0.05) is 11.8 Å². The largest absolute Gasteiger partial charge is 0.379 e. The molecule has 2 saturated heterocycles. The van der Waals surface area contributed by atoms with Crippen LogP contribution in [0.5, 0.6) is 0 Å². The summed E-state index contributed by atoms with van der Waals surface area (Å²) in [5.41, 5.74) is 0.956. The first-order valence-electron chi connectivity index (χ1n) is 13.6. The number of aromatic nitrogens is 2. The first-order valence-corrected chi connectivity index (χ1v) is 14.6. The molecule has 2 fully saturated rings. The van der Waals surface area contributed by atoms with E-state index in [0.717, 1.165) is 63.9 Å². The molecule has 1 N–H and O–H groups in total. The number of carbonyl (C=O) groups excluding carboxylic acids is 2. The second-order valence-corrected chi connectivity index (χ2v) is 10.9. The Morgan fingerprint density at radius 3 is 2.60 bits per heavy atom. The van der Waals surface area contributed by atoms with Crippen molar-refractivity contribution >= 4 is 34.4 Å².